The van der Waals surface area contributed by atoms with Gasteiger partial charge in [-0.2, -0.15) is 13.2 Å². The topological polar surface area (TPSA) is 83.0 Å². The first kappa shape index (κ1) is 26.1. The number of benzene rings is 2. The minimum absolute atomic E-state index is 0.0642. The molecule has 10 heteroatoms. The number of pyridine rings is 1. The Morgan fingerprint density at radius 3 is 2.54 bits per heavy atom. The van der Waals surface area contributed by atoms with Gasteiger partial charge in [0.25, 0.3) is 5.91 Å². The highest BCUT2D eigenvalue weighted by Crippen LogP contribution is 2.38. The van der Waals surface area contributed by atoms with Crippen LogP contribution in [0.25, 0.3) is 11.3 Å². The maximum Gasteiger partial charge on any atom is 0.418 e. The standard InChI is InChI=1S/C29H27F3N6O/c1-19-7-9-22(17-25(19)37-28-34-13-11-24(36-28)21-6-5-12-33-18-21)35-27(39)20-8-10-26(23(16-20)29(30,31)32)38-14-3-2-4-15-38/h5-13,16-18H,2-4,14-15H2,1H3,(H,35,39)(H,34,36,37). The highest BCUT2D eigenvalue weighted by Gasteiger charge is 2.36. The molecule has 1 amide bonds. The number of anilines is 4. The van der Waals surface area contributed by atoms with Crippen LogP contribution in [0.5, 0.6) is 0 Å². The second-order valence-corrected chi connectivity index (χ2v) is 9.39. The zero-order valence-corrected chi connectivity index (χ0v) is 21.3. The Morgan fingerprint density at radius 1 is 0.974 bits per heavy atom. The Balaban J connectivity index is 1.35. The molecule has 4 aromatic rings. The summed E-state index contributed by atoms with van der Waals surface area (Å²) >= 11 is 0. The summed E-state index contributed by atoms with van der Waals surface area (Å²) in [6, 6.07) is 14.4. The van der Waals surface area contributed by atoms with Crippen LogP contribution in [0, 0.1) is 6.92 Å². The summed E-state index contributed by atoms with van der Waals surface area (Å²) in [4.78, 5) is 27.7. The average Bonchev–Trinajstić information content (AvgIpc) is 2.95. The van der Waals surface area contributed by atoms with Crippen LogP contribution in [0.1, 0.15) is 40.7 Å². The molecule has 1 saturated heterocycles. The number of hydrogen-bond donors (Lipinski definition) is 2. The molecule has 0 aliphatic carbocycles. The number of carbonyl (C=O) groups is 1. The van der Waals surface area contributed by atoms with Gasteiger partial charge in [-0.1, -0.05) is 6.07 Å². The van der Waals surface area contributed by atoms with E-state index in [1.165, 1.54) is 12.1 Å². The molecule has 0 bridgehead atoms. The van der Waals surface area contributed by atoms with Crippen molar-refractivity contribution < 1.29 is 18.0 Å². The van der Waals surface area contributed by atoms with E-state index < -0.39 is 17.6 Å². The highest BCUT2D eigenvalue weighted by atomic mass is 19.4. The summed E-state index contributed by atoms with van der Waals surface area (Å²) in [5.74, 6) is -0.277. The van der Waals surface area contributed by atoms with Crippen LogP contribution >= 0.6 is 0 Å². The first-order valence-corrected chi connectivity index (χ1v) is 12.7. The number of carbonyl (C=O) groups excluding carboxylic acids is 1. The van der Waals surface area contributed by atoms with Crippen LogP contribution in [-0.4, -0.2) is 33.9 Å². The molecule has 2 aromatic heterocycles. The molecule has 0 radical (unpaired) electrons. The van der Waals surface area contributed by atoms with E-state index in [9.17, 15) is 18.0 Å². The summed E-state index contributed by atoms with van der Waals surface area (Å²) in [6.45, 7) is 3.03. The van der Waals surface area contributed by atoms with Crippen LogP contribution < -0.4 is 15.5 Å². The van der Waals surface area contributed by atoms with Gasteiger partial charge in [-0.05, 0) is 80.3 Å². The third-order valence-corrected chi connectivity index (χ3v) is 6.62. The lowest BCUT2D eigenvalue weighted by molar-refractivity contribution is -0.137. The molecule has 3 heterocycles. The Kier molecular flexibility index (Phi) is 7.44. The van der Waals surface area contributed by atoms with E-state index >= 15 is 0 Å². The summed E-state index contributed by atoms with van der Waals surface area (Å²) < 4.78 is 41.8. The van der Waals surface area contributed by atoms with Crippen molar-refractivity contribution in [2.75, 3.05) is 28.6 Å². The predicted octanol–water partition coefficient (Wildman–Crippen LogP) is 6.85. The molecule has 0 spiro atoms. The van der Waals surface area contributed by atoms with Gasteiger partial charge in [-0.3, -0.25) is 9.78 Å². The maximum absolute atomic E-state index is 13.9. The average molecular weight is 533 g/mol. The van der Waals surface area contributed by atoms with Gasteiger partial charge < -0.3 is 15.5 Å². The van der Waals surface area contributed by atoms with Crippen LogP contribution in [0.15, 0.2) is 73.2 Å². The second-order valence-electron chi connectivity index (χ2n) is 9.39. The van der Waals surface area contributed by atoms with Gasteiger partial charge in [0.15, 0.2) is 0 Å². The van der Waals surface area contributed by atoms with Gasteiger partial charge in [0.2, 0.25) is 5.95 Å². The summed E-state index contributed by atoms with van der Waals surface area (Å²) in [7, 11) is 0. The number of amides is 1. The molecule has 0 unspecified atom stereocenters. The maximum atomic E-state index is 13.9. The Morgan fingerprint density at radius 2 is 1.79 bits per heavy atom. The molecular weight excluding hydrogens is 505 g/mol. The van der Waals surface area contributed by atoms with Gasteiger partial charge in [-0.25, -0.2) is 9.97 Å². The fourth-order valence-electron chi connectivity index (χ4n) is 4.57. The zero-order chi connectivity index (χ0) is 27.4. The lowest BCUT2D eigenvalue weighted by Gasteiger charge is -2.31. The van der Waals surface area contributed by atoms with Crippen LogP contribution in [0.3, 0.4) is 0 Å². The second kappa shape index (κ2) is 11.1. The van der Waals surface area contributed by atoms with Gasteiger partial charge in [0.05, 0.1) is 11.3 Å². The number of nitrogens with one attached hydrogen (secondary N) is 2. The fourth-order valence-corrected chi connectivity index (χ4v) is 4.57. The number of piperidine rings is 1. The molecule has 0 atom stereocenters. The smallest absolute Gasteiger partial charge is 0.371 e. The molecule has 1 fully saturated rings. The van der Waals surface area contributed by atoms with Crippen molar-refractivity contribution in [1.82, 2.24) is 15.0 Å². The van der Waals surface area contributed by atoms with Gasteiger partial charge in [-0.15, -0.1) is 0 Å². The van der Waals surface area contributed by atoms with Crippen molar-refractivity contribution in [3.05, 3.63) is 89.9 Å². The van der Waals surface area contributed by atoms with E-state index in [0.717, 1.165) is 36.5 Å². The largest absolute Gasteiger partial charge is 0.418 e. The molecular formula is C29H27F3N6O. The quantitative estimate of drug-likeness (QED) is 0.283. The van der Waals surface area contributed by atoms with Crippen molar-refractivity contribution in [1.29, 1.82) is 0 Å². The zero-order valence-electron chi connectivity index (χ0n) is 21.3. The summed E-state index contributed by atoms with van der Waals surface area (Å²) in [6.07, 6.45) is 3.15. The fraction of sp³-hybridized carbons (Fsp3) is 0.241. The number of halogens is 3. The predicted molar refractivity (Wildman–Crippen MR) is 145 cm³/mol. The first-order valence-electron chi connectivity index (χ1n) is 12.7. The van der Waals surface area contributed by atoms with Gasteiger partial charge in [0.1, 0.15) is 0 Å². The molecule has 2 N–H and O–H groups in total. The van der Waals surface area contributed by atoms with Gasteiger partial charge >= 0.3 is 6.18 Å². The number of alkyl halides is 3. The first-order chi connectivity index (χ1) is 18.8. The molecule has 200 valence electrons. The van der Waals surface area contributed by atoms with E-state index in [-0.39, 0.29) is 11.3 Å². The molecule has 7 nitrogen and oxygen atoms in total. The molecule has 1 aliphatic rings. The summed E-state index contributed by atoms with van der Waals surface area (Å²) in [5.41, 5.74) is 2.72. The lowest BCUT2D eigenvalue weighted by Crippen LogP contribution is -2.31. The van der Waals surface area contributed by atoms with E-state index in [0.29, 0.717) is 36.1 Å². The van der Waals surface area contributed by atoms with Crippen molar-refractivity contribution in [3.63, 3.8) is 0 Å². The normalized spacial score (nSPS) is 13.7. The third-order valence-electron chi connectivity index (χ3n) is 6.62. The minimum Gasteiger partial charge on any atom is -0.371 e. The van der Waals surface area contributed by atoms with Crippen LogP contribution in [0.4, 0.5) is 36.2 Å². The molecule has 0 saturated carbocycles. The highest BCUT2D eigenvalue weighted by molar-refractivity contribution is 6.05. The third kappa shape index (κ3) is 6.17. The number of aryl methyl sites for hydroxylation is 1. The Labute approximate surface area is 224 Å². The van der Waals surface area contributed by atoms with E-state index in [4.69, 9.17) is 0 Å². The summed E-state index contributed by atoms with van der Waals surface area (Å²) in [5, 5.41) is 5.88. The lowest BCUT2D eigenvalue weighted by atomic mass is 10.0. The van der Waals surface area contributed by atoms with Crippen LogP contribution in [-0.2, 0) is 6.18 Å². The van der Waals surface area contributed by atoms with E-state index in [1.54, 1.807) is 47.8 Å². The SMILES string of the molecule is Cc1ccc(NC(=O)c2ccc(N3CCCCC3)c(C(F)(F)F)c2)cc1Nc1nccc(-c2cccnc2)n1. The Bertz CT molecular complexity index is 1470. The van der Waals surface area contributed by atoms with Crippen molar-refractivity contribution in [2.24, 2.45) is 0 Å². The monoisotopic (exact) mass is 532 g/mol. The molecule has 5 rings (SSSR count). The number of rotatable bonds is 6. The molecule has 2 aromatic carbocycles. The van der Waals surface area contributed by atoms with Crippen molar-refractivity contribution in [3.8, 4) is 11.3 Å². The number of nitrogens with zero attached hydrogens (tertiary/aromatic N) is 4. The number of aromatic nitrogens is 3. The van der Waals surface area contributed by atoms with E-state index in [2.05, 4.69) is 25.6 Å². The Hall–Kier alpha value is -4.47. The van der Waals surface area contributed by atoms with Crippen molar-refractivity contribution >= 4 is 28.9 Å². The van der Waals surface area contributed by atoms with Crippen molar-refractivity contribution in [2.45, 2.75) is 32.4 Å². The molecule has 1 aliphatic heterocycles. The van der Waals surface area contributed by atoms with Gasteiger partial charge in [0, 0.05) is 59.9 Å². The van der Waals surface area contributed by atoms with Crippen LogP contribution in [0.2, 0.25) is 0 Å². The minimum atomic E-state index is -4.58. The van der Waals surface area contributed by atoms with E-state index in [1.807, 2.05) is 19.1 Å². The number of hydrogen-bond acceptors (Lipinski definition) is 6. The molecule has 39 heavy (non-hydrogen) atoms.